The van der Waals surface area contributed by atoms with Gasteiger partial charge in [-0.15, -0.1) is 0 Å². The van der Waals surface area contributed by atoms with E-state index in [9.17, 15) is 9.18 Å². The van der Waals surface area contributed by atoms with Crippen LogP contribution >= 0.6 is 23.2 Å². The number of nitrogens with one attached hydrogen (secondary N) is 1. The van der Waals surface area contributed by atoms with Crippen LogP contribution in [0, 0.1) is 5.82 Å². The highest BCUT2D eigenvalue weighted by molar-refractivity contribution is 6.30. The summed E-state index contributed by atoms with van der Waals surface area (Å²) < 4.78 is 13.2. The summed E-state index contributed by atoms with van der Waals surface area (Å²) in [5, 5.41) is 2.43. The third-order valence-electron chi connectivity index (χ3n) is 2.05. The molecule has 1 heterocycles. The first-order valence-electron chi connectivity index (χ1n) is 4.81. The first-order chi connectivity index (χ1) is 8.56. The maximum absolute atomic E-state index is 13.2. The molecule has 2 rings (SSSR count). The molecular formula is C11H6Cl2FN3O. The lowest BCUT2D eigenvalue weighted by molar-refractivity contribution is 0.102. The van der Waals surface area contributed by atoms with Gasteiger partial charge < -0.3 is 5.32 Å². The fourth-order valence-electron chi connectivity index (χ4n) is 1.23. The molecule has 2 aromatic rings. The van der Waals surface area contributed by atoms with Crippen molar-refractivity contribution in [2.24, 2.45) is 0 Å². The smallest absolute Gasteiger partial charge is 0.256 e. The Labute approximate surface area is 112 Å². The SMILES string of the molecule is O=C(Nc1ccnc(Cl)n1)c1ccc(Cl)c(F)c1. The van der Waals surface area contributed by atoms with Crippen LogP contribution in [0.1, 0.15) is 10.4 Å². The minimum absolute atomic E-state index is 0.00934. The molecule has 0 saturated carbocycles. The van der Waals surface area contributed by atoms with E-state index in [2.05, 4.69) is 15.3 Å². The average molecular weight is 286 g/mol. The zero-order valence-electron chi connectivity index (χ0n) is 8.82. The summed E-state index contributed by atoms with van der Waals surface area (Å²) in [5.74, 6) is -0.944. The Morgan fingerprint density at radius 2 is 2.06 bits per heavy atom. The molecule has 0 unspecified atom stereocenters. The van der Waals surface area contributed by atoms with Gasteiger partial charge in [-0.05, 0) is 35.9 Å². The van der Waals surface area contributed by atoms with E-state index in [1.807, 2.05) is 0 Å². The van der Waals surface area contributed by atoms with Crippen molar-refractivity contribution in [1.29, 1.82) is 0 Å². The molecule has 92 valence electrons. The normalized spacial score (nSPS) is 10.2. The van der Waals surface area contributed by atoms with Crippen molar-refractivity contribution in [3.63, 3.8) is 0 Å². The van der Waals surface area contributed by atoms with Gasteiger partial charge in [-0.25, -0.2) is 14.4 Å². The summed E-state index contributed by atoms with van der Waals surface area (Å²) >= 11 is 11.1. The Balaban J connectivity index is 2.19. The number of benzene rings is 1. The number of hydrogen-bond acceptors (Lipinski definition) is 3. The highest BCUT2D eigenvalue weighted by Crippen LogP contribution is 2.16. The lowest BCUT2D eigenvalue weighted by Crippen LogP contribution is -2.13. The number of rotatable bonds is 2. The standard InChI is InChI=1S/C11H6Cl2FN3O/c12-7-2-1-6(5-8(7)14)10(18)16-9-3-4-15-11(13)17-9/h1-5H,(H,15,16,17,18). The highest BCUT2D eigenvalue weighted by atomic mass is 35.5. The summed E-state index contributed by atoms with van der Waals surface area (Å²) in [6, 6.07) is 5.22. The Morgan fingerprint density at radius 1 is 1.28 bits per heavy atom. The van der Waals surface area contributed by atoms with E-state index >= 15 is 0 Å². The Hall–Kier alpha value is -1.72. The van der Waals surface area contributed by atoms with E-state index in [4.69, 9.17) is 23.2 Å². The van der Waals surface area contributed by atoms with Crippen LogP contribution in [0.3, 0.4) is 0 Å². The van der Waals surface area contributed by atoms with Crippen molar-refractivity contribution in [2.75, 3.05) is 5.32 Å². The van der Waals surface area contributed by atoms with E-state index in [-0.39, 0.29) is 21.7 Å². The summed E-state index contributed by atoms with van der Waals surface area (Å²) in [6.45, 7) is 0. The molecule has 0 bridgehead atoms. The second-order valence-electron chi connectivity index (χ2n) is 3.29. The summed E-state index contributed by atoms with van der Waals surface area (Å²) in [7, 11) is 0. The third kappa shape index (κ3) is 2.94. The molecular weight excluding hydrogens is 280 g/mol. The molecule has 0 aliphatic rings. The zero-order valence-corrected chi connectivity index (χ0v) is 10.3. The largest absolute Gasteiger partial charge is 0.306 e. The Kier molecular flexibility index (Phi) is 3.74. The van der Waals surface area contributed by atoms with Gasteiger partial charge >= 0.3 is 0 Å². The van der Waals surface area contributed by atoms with E-state index in [1.165, 1.54) is 24.4 Å². The van der Waals surface area contributed by atoms with Crippen molar-refractivity contribution in [3.05, 3.63) is 52.1 Å². The third-order valence-corrected chi connectivity index (χ3v) is 2.54. The molecule has 0 spiro atoms. The van der Waals surface area contributed by atoms with Crippen LogP contribution in [0.4, 0.5) is 10.2 Å². The van der Waals surface area contributed by atoms with Crippen molar-refractivity contribution in [1.82, 2.24) is 9.97 Å². The molecule has 0 saturated heterocycles. The van der Waals surface area contributed by atoms with Gasteiger partial charge in [0.1, 0.15) is 11.6 Å². The molecule has 0 aliphatic carbocycles. The fraction of sp³-hybridized carbons (Fsp3) is 0. The summed E-state index contributed by atoms with van der Waals surface area (Å²) in [4.78, 5) is 19.2. The quantitative estimate of drug-likeness (QED) is 0.863. The van der Waals surface area contributed by atoms with Crippen LogP contribution in [0.5, 0.6) is 0 Å². The number of hydrogen-bond donors (Lipinski definition) is 1. The van der Waals surface area contributed by atoms with E-state index < -0.39 is 11.7 Å². The van der Waals surface area contributed by atoms with Gasteiger partial charge in [0.2, 0.25) is 5.28 Å². The van der Waals surface area contributed by atoms with Crippen LogP contribution in [0.2, 0.25) is 10.3 Å². The van der Waals surface area contributed by atoms with Crippen LogP contribution < -0.4 is 5.32 Å². The van der Waals surface area contributed by atoms with Crippen LogP contribution in [-0.4, -0.2) is 15.9 Å². The maximum Gasteiger partial charge on any atom is 0.256 e. The van der Waals surface area contributed by atoms with Gasteiger partial charge in [0.05, 0.1) is 5.02 Å². The molecule has 0 aliphatic heterocycles. The van der Waals surface area contributed by atoms with Gasteiger partial charge in [0.25, 0.3) is 5.91 Å². The van der Waals surface area contributed by atoms with Gasteiger partial charge in [0.15, 0.2) is 0 Å². The molecule has 1 aromatic heterocycles. The Morgan fingerprint density at radius 3 is 2.72 bits per heavy atom. The van der Waals surface area contributed by atoms with Gasteiger partial charge in [0, 0.05) is 11.8 Å². The second kappa shape index (κ2) is 5.29. The van der Waals surface area contributed by atoms with Gasteiger partial charge in [-0.3, -0.25) is 4.79 Å². The molecule has 7 heteroatoms. The second-order valence-corrected chi connectivity index (χ2v) is 4.04. The lowest BCUT2D eigenvalue weighted by atomic mass is 10.2. The minimum atomic E-state index is -0.662. The molecule has 4 nitrogen and oxygen atoms in total. The van der Waals surface area contributed by atoms with Crippen LogP contribution in [0.25, 0.3) is 0 Å². The first-order valence-corrected chi connectivity index (χ1v) is 5.57. The number of nitrogens with zero attached hydrogens (tertiary/aromatic N) is 2. The molecule has 0 atom stereocenters. The van der Waals surface area contributed by atoms with Crippen LogP contribution in [0.15, 0.2) is 30.5 Å². The van der Waals surface area contributed by atoms with Crippen molar-refractivity contribution in [3.8, 4) is 0 Å². The van der Waals surface area contributed by atoms with Gasteiger partial charge in [-0.2, -0.15) is 0 Å². The van der Waals surface area contributed by atoms with Crippen LogP contribution in [-0.2, 0) is 0 Å². The topological polar surface area (TPSA) is 54.9 Å². The number of aromatic nitrogens is 2. The number of anilines is 1. The predicted molar refractivity (Wildman–Crippen MR) is 66.4 cm³/mol. The molecule has 1 aromatic carbocycles. The monoisotopic (exact) mass is 285 g/mol. The molecule has 0 fully saturated rings. The van der Waals surface area contributed by atoms with E-state index in [0.29, 0.717) is 0 Å². The molecule has 0 radical (unpaired) electrons. The van der Waals surface area contributed by atoms with E-state index in [0.717, 1.165) is 6.07 Å². The molecule has 18 heavy (non-hydrogen) atoms. The minimum Gasteiger partial charge on any atom is -0.306 e. The number of carbonyl (C=O) groups is 1. The Bertz CT molecular complexity index is 607. The lowest BCUT2D eigenvalue weighted by Gasteiger charge is -2.04. The molecule has 1 N–H and O–H groups in total. The zero-order chi connectivity index (χ0) is 13.1. The fourth-order valence-corrected chi connectivity index (χ4v) is 1.50. The van der Waals surface area contributed by atoms with Crippen molar-refractivity contribution >= 4 is 34.9 Å². The highest BCUT2D eigenvalue weighted by Gasteiger charge is 2.10. The van der Waals surface area contributed by atoms with E-state index in [1.54, 1.807) is 0 Å². The number of amides is 1. The van der Waals surface area contributed by atoms with Crippen molar-refractivity contribution in [2.45, 2.75) is 0 Å². The number of halogens is 3. The predicted octanol–water partition coefficient (Wildman–Crippen LogP) is 3.17. The van der Waals surface area contributed by atoms with Crippen molar-refractivity contribution < 1.29 is 9.18 Å². The molecule has 1 amide bonds. The summed E-state index contributed by atoms with van der Waals surface area (Å²) in [6.07, 6.45) is 1.40. The van der Waals surface area contributed by atoms with Gasteiger partial charge in [-0.1, -0.05) is 11.6 Å². The summed E-state index contributed by atoms with van der Waals surface area (Å²) in [5.41, 5.74) is 0.131. The number of carbonyl (C=O) groups excluding carboxylic acids is 1. The maximum atomic E-state index is 13.2. The average Bonchev–Trinajstić information content (AvgIpc) is 2.32. The first kappa shape index (κ1) is 12.7.